The summed E-state index contributed by atoms with van der Waals surface area (Å²) in [6.07, 6.45) is 4.79. The second-order valence-electron chi connectivity index (χ2n) is 3.36. The SMILES string of the molecule is CCC1=CC(CC)=C(C)C1C. The molecule has 1 unspecified atom stereocenters. The van der Waals surface area contributed by atoms with Crippen LogP contribution >= 0.6 is 0 Å². The van der Waals surface area contributed by atoms with Crippen LogP contribution in [0.4, 0.5) is 0 Å². The van der Waals surface area contributed by atoms with E-state index >= 15 is 0 Å². The molecule has 0 aliphatic heterocycles. The fourth-order valence-electron chi connectivity index (χ4n) is 1.81. The van der Waals surface area contributed by atoms with Crippen LogP contribution in [0.15, 0.2) is 22.8 Å². The largest absolute Gasteiger partial charge is 0.0633 e. The van der Waals surface area contributed by atoms with Gasteiger partial charge in [-0.25, -0.2) is 0 Å². The Hall–Kier alpha value is -0.520. The van der Waals surface area contributed by atoms with Gasteiger partial charge in [-0.15, -0.1) is 0 Å². The Balaban J connectivity index is 2.84. The predicted octanol–water partition coefficient (Wildman–Crippen LogP) is 3.70. The van der Waals surface area contributed by atoms with Crippen LogP contribution in [-0.4, -0.2) is 0 Å². The van der Waals surface area contributed by atoms with Crippen LogP contribution in [0.3, 0.4) is 0 Å². The van der Waals surface area contributed by atoms with Gasteiger partial charge in [0.15, 0.2) is 0 Å². The summed E-state index contributed by atoms with van der Waals surface area (Å²) in [5.74, 6) is 0.718. The minimum absolute atomic E-state index is 0.718. The summed E-state index contributed by atoms with van der Waals surface area (Å²) in [6.45, 7) is 9.06. The van der Waals surface area contributed by atoms with Crippen molar-refractivity contribution in [2.24, 2.45) is 5.92 Å². The van der Waals surface area contributed by atoms with Crippen LogP contribution in [0.1, 0.15) is 40.5 Å². The van der Waals surface area contributed by atoms with E-state index in [1.165, 1.54) is 12.8 Å². The van der Waals surface area contributed by atoms with Gasteiger partial charge in [-0.2, -0.15) is 0 Å². The van der Waals surface area contributed by atoms with Crippen molar-refractivity contribution in [3.63, 3.8) is 0 Å². The lowest BCUT2D eigenvalue weighted by Crippen LogP contribution is -1.94. The average molecular weight is 150 g/mol. The van der Waals surface area contributed by atoms with Crippen LogP contribution in [0, 0.1) is 5.92 Å². The highest BCUT2D eigenvalue weighted by Crippen LogP contribution is 2.33. The Morgan fingerprint density at radius 1 is 1.27 bits per heavy atom. The highest BCUT2D eigenvalue weighted by atomic mass is 14.2. The summed E-state index contributed by atoms with van der Waals surface area (Å²) in [7, 11) is 0. The number of rotatable bonds is 2. The van der Waals surface area contributed by atoms with Crippen molar-refractivity contribution in [2.45, 2.75) is 40.5 Å². The van der Waals surface area contributed by atoms with Crippen LogP contribution in [-0.2, 0) is 0 Å². The Kier molecular flexibility index (Phi) is 2.53. The van der Waals surface area contributed by atoms with E-state index in [1.807, 2.05) is 0 Å². The van der Waals surface area contributed by atoms with Crippen molar-refractivity contribution in [2.75, 3.05) is 0 Å². The number of hydrogen-bond acceptors (Lipinski definition) is 0. The van der Waals surface area contributed by atoms with E-state index in [2.05, 4.69) is 33.8 Å². The first-order valence-electron chi connectivity index (χ1n) is 4.60. The highest BCUT2D eigenvalue weighted by molar-refractivity contribution is 5.40. The molecule has 1 aliphatic rings. The van der Waals surface area contributed by atoms with Crippen molar-refractivity contribution < 1.29 is 0 Å². The van der Waals surface area contributed by atoms with E-state index < -0.39 is 0 Å². The molecule has 0 aromatic rings. The van der Waals surface area contributed by atoms with Crippen LogP contribution in [0.25, 0.3) is 0 Å². The van der Waals surface area contributed by atoms with E-state index in [0.29, 0.717) is 0 Å². The Morgan fingerprint density at radius 3 is 2.18 bits per heavy atom. The Labute approximate surface area is 70.0 Å². The summed E-state index contributed by atoms with van der Waals surface area (Å²) in [5, 5.41) is 0. The molecule has 0 nitrogen and oxygen atoms in total. The normalized spacial score (nSPS) is 24.4. The molecule has 1 rings (SSSR count). The van der Waals surface area contributed by atoms with Gasteiger partial charge in [-0.05, 0) is 31.3 Å². The third-order valence-corrected chi connectivity index (χ3v) is 2.86. The van der Waals surface area contributed by atoms with Crippen molar-refractivity contribution in [3.05, 3.63) is 22.8 Å². The second-order valence-corrected chi connectivity index (χ2v) is 3.36. The zero-order valence-electron chi connectivity index (χ0n) is 8.07. The van der Waals surface area contributed by atoms with Crippen LogP contribution in [0.2, 0.25) is 0 Å². The summed E-state index contributed by atoms with van der Waals surface area (Å²) >= 11 is 0. The molecule has 0 saturated carbocycles. The van der Waals surface area contributed by atoms with Gasteiger partial charge in [-0.1, -0.05) is 38.0 Å². The summed E-state index contributed by atoms with van der Waals surface area (Å²) < 4.78 is 0. The maximum Gasteiger partial charge on any atom is -0.00153 e. The van der Waals surface area contributed by atoms with Gasteiger partial charge in [-0.3, -0.25) is 0 Å². The predicted molar refractivity (Wildman–Crippen MR) is 50.5 cm³/mol. The molecule has 0 radical (unpaired) electrons. The van der Waals surface area contributed by atoms with Gasteiger partial charge in [0.2, 0.25) is 0 Å². The zero-order valence-corrected chi connectivity index (χ0v) is 8.07. The maximum absolute atomic E-state index is 2.39. The smallest absolute Gasteiger partial charge is 0.00153 e. The Morgan fingerprint density at radius 2 is 1.91 bits per heavy atom. The molecule has 1 atom stereocenters. The first kappa shape index (κ1) is 8.58. The molecule has 0 saturated heterocycles. The van der Waals surface area contributed by atoms with Crippen molar-refractivity contribution in [1.82, 2.24) is 0 Å². The molecule has 0 heteroatoms. The molecular weight excluding hydrogens is 132 g/mol. The quantitative estimate of drug-likeness (QED) is 0.563. The third kappa shape index (κ3) is 1.40. The topological polar surface area (TPSA) is 0 Å². The molecule has 0 amide bonds. The summed E-state index contributed by atoms with van der Waals surface area (Å²) in [4.78, 5) is 0. The van der Waals surface area contributed by atoms with Gasteiger partial charge >= 0.3 is 0 Å². The second kappa shape index (κ2) is 3.25. The van der Waals surface area contributed by atoms with Gasteiger partial charge in [0.05, 0.1) is 0 Å². The van der Waals surface area contributed by atoms with Crippen LogP contribution < -0.4 is 0 Å². The lowest BCUT2D eigenvalue weighted by Gasteiger charge is -2.08. The molecule has 0 aromatic carbocycles. The van der Waals surface area contributed by atoms with Crippen molar-refractivity contribution >= 4 is 0 Å². The molecule has 62 valence electrons. The molecule has 0 N–H and O–H groups in total. The first-order chi connectivity index (χ1) is 5.20. The molecule has 1 aliphatic carbocycles. The fourth-order valence-corrected chi connectivity index (χ4v) is 1.81. The van der Waals surface area contributed by atoms with E-state index in [9.17, 15) is 0 Å². The van der Waals surface area contributed by atoms with Crippen molar-refractivity contribution in [3.8, 4) is 0 Å². The van der Waals surface area contributed by atoms with Gasteiger partial charge in [0, 0.05) is 0 Å². The standard InChI is InChI=1S/C11H18/c1-5-10-7-11(6-2)9(4)8(10)3/h7-8H,5-6H2,1-4H3. The van der Waals surface area contributed by atoms with Gasteiger partial charge < -0.3 is 0 Å². The molecule has 0 aromatic heterocycles. The monoisotopic (exact) mass is 150 g/mol. The maximum atomic E-state index is 2.39. The van der Waals surface area contributed by atoms with E-state index in [0.717, 1.165) is 5.92 Å². The fraction of sp³-hybridized carbons (Fsp3) is 0.636. The lowest BCUT2D eigenvalue weighted by molar-refractivity contribution is 0.775. The minimum Gasteiger partial charge on any atom is -0.0633 e. The van der Waals surface area contributed by atoms with E-state index in [4.69, 9.17) is 0 Å². The van der Waals surface area contributed by atoms with Crippen LogP contribution in [0.5, 0.6) is 0 Å². The average Bonchev–Trinajstić information content (AvgIpc) is 2.30. The molecule has 0 fully saturated rings. The minimum atomic E-state index is 0.718. The highest BCUT2D eigenvalue weighted by Gasteiger charge is 2.17. The number of hydrogen-bond donors (Lipinski definition) is 0. The Bertz CT molecular complexity index is 206. The van der Waals surface area contributed by atoms with E-state index in [-0.39, 0.29) is 0 Å². The van der Waals surface area contributed by atoms with Crippen molar-refractivity contribution in [1.29, 1.82) is 0 Å². The zero-order chi connectivity index (χ0) is 8.43. The summed E-state index contributed by atoms with van der Waals surface area (Å²) in [6, 6.07) is 0. The number of allylic oxidation sites excluding steroid dienone is 4. The van der Waals surface area contributed by atoms with Gasteiger partial charge in [0.1, 0.15) is 0 Å². The molecule has 0 spiro atoms. The lowest BCUT2D eigenvalue weighted by atomic mass is 9.97. The third-order valence-electron chi connectivity index (χ3n) is 2.86. The molecule has 0 bridgehead atoms. The summed E-state index contributed by atoms with van der Waals surface area (Å²) in [5.41, 5.74) is 4.76. The molecule has 11 heavy (non-hydrogen) atoms. The first-order valence-corrected chi connectivity index (χ1v) is 4.60. The molecular formula is C11H18. The van der Waals surface area contributed by atoms with Gasteiger partial charge in [0.25, 0.3) is 0 Å². The van der Waals surface area contributed by atoms with E-state index in [1.54, 1.807) is 16.7 Å². The molecule has 0 heterocycles.